The van der Waals surface area contributed by atoms with Crippen LogP contribution in [0.2, 0.25) is 0 Å². The van der Waals surface area contributed by atoms with E-state index in [1.807, 2.05) is 63.3 Å². The van der Waals surface area contributed by atoms with Gasteiger partial charge < -0.3 is 4.90 Å². The van der Waals surface area contributed by atoms with Gasteiger partial charge in [-0.2, -0.15) is 0 Å². The Bertz CT molecular complexity index is 1200. The number of carbonyl (C=O) groups is 1. The zero-order valence-electron chi connectivity index (χ0n) is 16.2. The van der Waals surface area contributed by atoms with Crippen molar-refractivity contribution in [3.63, 3.8) is 0 Å². The number of piperidine rings is 1. The van der Waals surface area contributed by atoms with E-state index in [1.165, 1.54) is 0 Å². The number of rotatable bonds is 4. The first-order valence-corrected chi connectivity index (χ1v) is 11.6. The van der Waals surface area contributed by atoms with Crippen LogP contribution in [0.1, 0.15) is 30.3 Å². The van der Waals surface area contributed by atoms with E-state index in [0.29, 0.717) is 13.0 Å². The Morgan fingerprint density at radius 1 is 1.20 bits per heavy atom. The number of pyridine rings is 1. The van der Waals surface area contributed by atoms with E-state index in [-0.39, 0.29) is 11.8 Å². The molecule has 3 aromatic heterocycles. The van der Waals surface area contributed by atoms with Crippen LogP contribution in [0.25, 0.3) is 16.2 Å². The minimum absolute atomic E-state index is 0.125. The van der Waals surface area contributed by atoms with Gasteiger partial charge in [0, 0.05) is 40.6 Å². The first-order valence-electron chi connectivity index (χ1n) is 9.95. The van der Waals surface area contributed by atoms with Crippen molar-refractivity contribution in [1.29, 1.82) is 0 Å². The van der Waals surface area contributed by atoms with Crippen molar-refractivity contribution in [2.75, 3.05) is 13.1 Å². The fourth-order valence-corrected chi connectivity index (χ4v) is 5.18. The lowest BCUT2D eigenvalue weighted by Gasteiger charge is -2.32. The Morgan fingerprint density at radius 2 is 2.13 bits per heavy atom. The number of hydrogen-bond donors (Lipinski definition) is 0. The second kappa shape index (κ2) is 8.28. The molecule has 1 aliphatic heterocycles. The maximum Gasteiger partial charge on any atom is 0.228 e. The fraction of sp³-hybridized carbons (Fsp3) is 0.273. The highest BCUT2D eigenvalue weighted by Gasteiger charge is 2.28. The number of carbonyl (C=O) groups excluding carboxylic acids is 1. The number of thiazole rings is 1. The van der Waals surface area contributed by atoms with Crippen LogP contribution < -0.4 is 0 Å². The molecule has 0 radical (unpaired) electrons. The molecule has 152 valence electrons. The number of amides is 1. The van der Waals surface area contributed by atoms with Crippen molar-refractivity contribution in [1.82, 2.24) is 24.5 Å². The van der Waals surface area contributed by atoms with Crippen molar-refractivity contribution in [3.8, 4) is 10.6 Å². The molecule has 4 aromatic rings. The first kappa shape index (κ1) is 19.4. The largest absolute Gasteiger partial charge is 0.342 e. The van der Waals surface area contributed by atoms with Crippen molar-refractivity contribution in [2.45, 2.75) is 25.2 Å². The molecule has 0 saturated carbocycles. The number of hydrogen-bond acceptors (Lipinski definition) is 5. The van der Waals surface area contributed by atoms with Crippen LogP contribution in [-0.4, -0.2) is 43.5 Å². The Morgan fingerprint density at radius 3 is 3.03 bits per heavy atom. The van der Waals surface area contributed by atoms with Gasteiger partial charge in [-0.3, -0.25) is 9.20 Å². The van der Waals surface area contributed by atoms with Crippen LogP contribution in [-0.2, 0) is 11.2 Å². The number of benzene rings is 1. The van der Waals surface area contributed by atoms with E-state index in [1.54, 1.807) is 11.3 Å². The fourth-order valence-electron chi connectivity index (χ4n) is 3.96. The average Bonchev–Trinajstić information content (AvgIpc) is 3.41. The second-order valence-electron chi connectivity index (χ2n) is 7.50. The molecule has 5 rings (SSSR count). The lowest BCUT2D eigenvalue weighted by molar-refractivity contribution is -0.131. The standard InChI is InChI=1S/C22H20BrN5OS/c23-17-7-3-5-15(11-17)22-24-18(14-30-22)12-20(29)27-9-4-6-16(13-27)21-26-25-19-8-1-2-10-28(19)21/h1-3,5,7-8,10-11,14,16H,4,6,9,12-13H2. The molecule has 6 nitrogen and oxygen atoms in total. The zero-order chi connectivity index (χ0) is 20.5. The summed E-state index contributed by atoms with van der Waals surface area (Å²) < 4.78 is 3.05. The number of aromatic nitrogens is 4. The first-order chi connectivity index (χ1) is 14.7. The van der Waals surface area contributed by atoms with Gasteiger partial charge in [0.1, 0.15) is 10.8 Å². The molecular formula is C22H20BrN5OS. The maximum absolute atomic E-state index is 13.0. The Kier molecular flexibility index (Phi) is 5.35. The highest BCUT2D eigenvalue weighted by atomic mass is 79.9. The molecule has 1 unspecified atom stereocenters. The van der Waals surface area contributed by atoms with Crippen LogP contribution >= 0.6 is 27.3 Å². The SMILES string of the molecule is O=C(Cc1csc(-c2cccc(Br)c2)n1)N1CCCC(c2nnc3ccccn23)C1. The van der Waals surface area contributed by atoms with Gasteiger partial charge in [0.2, 0.25) is 5.91 Å². The zero-order valence-corrected chi connectivity index (χ0v) is 18.6. The molecule has 1 atom stereocenters. The molecule has 1 aromatic carbocycles. The topological polar surface area (TPSA) is 63.4 Å². The number of nitrogens with zero attached hydrogens (tertiary/aromatic N) is 5. The van der Waals surface area contributed by atoms with Crippen LogP contribution in [0.3, 0.4) is 0 Å². The molecule has 4 heterocycles. The predicted molar refractivity (Wildman–Crippen MR) is 120 cm³/mol. The van der Waals surface area contributed by atoms with E-state index in [2.05, 4.69) is 31.1 Å². The summed E-state index contributed by atoms with van der Waals surface area (Å²) in [4.78, 5) is 19.6. The summed E-state index contributed by atoms with van der Waals surface area (Å²) in [7, 11) is 0. The lowest BCUT2D eigenvalue weighted by Crippen LogP contribution is -2.40. The van der Waals surface area contributed by atoms with Gasteiger partial charge in [-0.1, -0.05) is 34.1 Å². The minimum Gasteiger partial charge on any atom is -0.342 e. The molecule has 1 amide bonds. The highest BCUT2D eigenvalue weighted by Crippen LogP contribution is 2.28. The highest BCUT2D eigenvalue weighted by molar-refractivity contribution is 9.10. The summed E-state index contributed by atoms with van der Waals surface area (Å²) in [5.74, 6) is 1.26. The quantitative estimate of drug-likeness (QED) is 0.428. The van der Waals surface area contributed by atoms with Gasteiger partial charge in [0.15, 0.2) is 5.65 Å². The molecule has 1 aliphatic rings. The van der Waals surface area contributed by atoms with E-state index in [4.69, 9.17) is 0 Å². The Hall–Kier alpha value is -2.58. The molecule has 0 spiro atoms. The smallest absolute Gasteiger partial charge is 0.228 e. The predicted octanol–water partition coefficient (Wildman–Crippen LogP) is 4.56. The number of likely N-dealkylation sites (tertiary alicyclic amines) is 1. The summed E-state index contributed by atoms with van der Waals surface area (Å²) in [6, 6.07) is 14.0. The normalized spacial score (nSPS) is 16.8. The summed E-state index contributed by atoms with van der Waals surface area (Å²) in [5, 5.41) is 11.6. The molecule has 30 heavy (non-hydrogen) atoms. The van der Waals surface area contributed by atoms with Crippen LogP contribution in [0.5, 0.6) is 0 Å². The minimum atomic E-state index is 0.125. The Labute approximate surface area is 186 Å². The van der Waals surface area contributed by atoms with Gasteiger partial charge in [0.25, 0.3) is 0 Å². The van der Waals surface area contributed by atoms with Crippen LogP contribution in [0.15, 0.2) is 58.5 Å². The summed E-state index contributed by atoms with van der Waals surface area (Å²) in [6.45, 7) is 1.46. The summed E-state index contributed by atoms with van der Waals surface area (Å²) in [5.41, 5.74) is 2.73. The second-order valence-corrected chi connectivity index (χ2v) is 9.27. The van der Waals surface area contributed by atoms with Crippen molar-refractivity contribution >= 4 is 38.8 Å². The lowest BCUT2D eigenvalue weighted by atomic mass is 9.97. The summed E-state index contributed by atoms with van der Waals surface area (Å²) in [6.07, 6.45) is 4.31. The van der Waals surface area contributed by atoms with E-state index in [0.717, 1.165) is 51.6 Å². The van der Waals surface area contributed by atoms with E-state index < -0.39 is 0 Å². The van der Waals surface area contributed by atoms with Crippen molar-refractivity contribution < 1.29 is 4.79 Å². The van der Waals surface area contributed by atoms with E-state index in [9.17, 15) is 4.79 Å². The van der Waals surface area contributed by atoms with Crippen molar-refractivity contribution in [3.05, 3.63) is 70.0 Å². The van der Waals surface area contributed by atoms with Crippen LogP contribution in [0.4, 0.5) is 0 Å². The molecular weight excluding hydrogens is 462 g/mol. The monoisotopic (exact) mass is 481 g/mol. The number of halogens is 1. The van der Waals surface area contributed by atoms with Gasteiger partial charge >= 0.3 is 0 Å². The number of fused-ring (bicyclic) bond motifs is 1. The van der Waals surface area contributed by atoms with Gasteiger partial charge in [0.05, 0.1) is 12.1 Å². The van der Waals surface area contributed by atoms with Gasteiger partial charge in [-0.05, 0) is 37.1 Å². The third-order valence-electron chi connectivity index (χ3n) is 5.44. The third-order valence-corrected chi connectivity index (χ3v) is 6.87. The van der Waals surface area contributed by atoms with Gasteiger partial charge in [-0.25, -0.2) is 4.98 Å². The third kappa shape index (κ3) is 3.89. The molecule has 1 fully saturated rings. The van der Waals surface area contributed by atoms with E-state index >= 15 is 0 Å². The van der Waals surface area contributed by atoms with Crippen LogP contribution in [0, 0.1) is 0 Å². The molecule has 0 aliphatic carbocycles. The Balaban J connectivity index is 1.28. The van der Waals surface area contributed by atoms with Gasteiger partial charge in [-0.15, -0.1) is 21.5 Å². The summed E-state index contributed by atoms with van der Waals surface area (Å²) >= 11 is 5.08. The molecule has 1 saturated heterocycles. The molecule has 0 N–H and O–H groups in total. The average molecular weight is 482 g/mol. The molecule has 8 heteroatoms. The van der Waals surface area contributed by atoms with Crippen molar-refractivity contribution in [2.24, 2.45) is 0 Å². The maximum atomic E-state index is 13.0. The molecule has 0 bridgehead atoms.